The number of hydrogen-bond donors (Lipinski definition) is 3. The van der Waals surface area contributed by atoms with Gasteiger partial charge in [0, 0.05) is 0 Å². The number of hydrogen-bond acceptors (Lipinski definition) is 5. The quantitative estimate of drug-likeness (QED) is 0.446. The van der Waals surface area contributed by atoms with Crippen LogP contribution in [0.1, 0.15) is 0 Å². The molecule has 0 atom stereocenters. The van der Waals surface area contributed by atoms with E-state index in [-0.39, 0.29) is 0 Å². The highest BCUT2D eigenvalue weighted by Crippen LogP contribution is 1.76. The van der Waals surface area contributed by atoms with Crippen molar-refractivity contribution in [2.45, 2.75) is 0 Å². The largest absolute Gasteiger partial charge is 0.336 e. The minimum Gasteiger partial charge on any atom is -0.336 e. The van der Waals surface area contributed by atoms with E-state index in [0.717, 1.165) is 18.2 Å². The molecule has 0 fully saturated rings. The lowest BCUT2D eigenvalue weighted by Gasteiger charge is -1.95. The summed E-state index contributed by atoms with van der Waals surface area (Å²) in [6.45, 7) is 9.37. The maximum Gasteiger partial charge on any atom is 0.283 e. The van der Waals surface area contributed by atoms with Crippen LogP contribution in [0, 0.1) is 0 Å². The molecule has 0 aliphatic rings. The molecule has 106 valence electrons. The lowest BCUT2D eigenvalue weighted by Crippen LogP contribution is -2.27. The van der Waals surface area contributed by atoms with Gasteiger partial charge in [0.2, 0.25) is 17.7 Å². The van der Waals surface area contributed by atoms with Gasteiger partial charge in [-0.15, -0.1) is 0 Å². The standard InChI is InChI=1S/C6H7NO2.C4H7NO4S/c1-3-5(8)7-6(9)4-2;1-2-4(6)5-3-10(7,8)9/h3-4H,1-2H2,(H,7,8,9);2H,1,3H2,(H,5,6)(H,7,8,9). The Kier molecular flexibility index (Phi) is 9.78. The molecule has 0 aromatic heterocycles. The van der Waals surface area contributed by atoms with Crippen LogP contribution >= 0.6 is 0 Å². The maximum atomic E-state index is 10.3. The normalized spacial score (nSPS) is 9.11. The first kappa shape index (κ1) is 19.1. The summed E-state index contributed by atoms with van der Waals surface area (Å²) < 4.78 is 28.0. The van der Waals surface area contributed by atoms with Gasteiger partial charge in [-0.1, -0.05) is 19.7 Å². The van der Waals surface area contributed by atoms with E-state index in [1.807, 2.05) is 10.6 Å². The molecule has 0 spiro atoms. The average molecular weight is 290 g/mol. The van der Waals surface area contributed by atoms with Crippen LogP contribution in [0.4, 0.5) is 0 Å². The molecule has 9 heteroatoms. The average Bonchev–Trinajstić information content (AvgIpc) is 2.35. The van der Waals surface area contributed by atoms with Crippen LogP contribution in [0.2, 0.25) is 0 Å². The van der Waals surface area contributed by atoms with Crippen LogP contribution in [0.15, 0.2) is 38.0 Å². The van der Waals surface area contributed by atoms with Gasteiger partial charge in [-0.05, 0) is 18.2 Å². The van der Waals surface area contributed by atoms with Gasteiger partial charge in [0.25, 0.3) is 10.1 Å². The van der Waals surface area contributed by atoms with E-state index in [1.165, 1.54) is 0 Å². The molecule has 8 nitrogen and oxygen atoms in total. The smallest absolute Gasteiger partial charge is 0.283 e. The number of carbonyl (C=O) groups is 3. The number of imide groups is 1. The second-order valence-corrected chi connectivity index (χ2v) is 4.19. The van der Waals surface area contributed by atoms with Crippen molar-refractivity contribution in [3.63, 3.8) is 0 Å². The van der Waals surface area contributed by atoms with Crippen LogP contribution in [0.5, 0.6) is 0 Å². The van der Waals surface area contributed by atoms with Crippen LogP contribution in [-0.4, -0.2) is 36.6 Å². The molecular formula is C10H14N2O6S. The van der Waals surface area contributed by atoms with Gasteiger partial charge in [-0.3, -0.25) is 24.3 Å². The summed E-state index contributed by atoms with van der Waals surface area (Å²) >= 11 is 0. The molecule has 3 amide bonds. The first-order chi connectivity index (χ1) is 8.66. The van der Waals surface area contributed by atoms with Gasteiger partial charge < -0.3 is 5.32 Å². The van der Waals surface area contributed by atoms with Gasteiger partial charge in [-0.25, -0.2) is 0 Å². The third-order valence-electron chi connectivity index (χ3n) is 1.23. The first-order valence-corrected chi connectivity index (χ1v) is 6.22. The molecule has 0 aliphatic heterocycles. The Hall–Kier alpha value is -2.26. The molecule has 0 rings (SSSR count). The molecule has 0 aliphatic carbocycles. The van der Waals surface area contributed by atoms with E-state index in [9.17, 15) is 22.8 Å². The van der Waals surface area contributed by atoms with Crippen LogP contribution in [0.3, 0.4) is 0 Å². The van der Waals surface area contributed by atoms with Crippen molar-refractivity contribution in [3.8, 4) is 0 Å². The zero-order valence-electron chi connectivity index (χ0n) is 9.96. The summed E-state index contributed by atoms with van der Waals surface area (Å²) in [6.07, 6.45) is 2.94. The second-order valence-electron chi connectivity index (χ2n) is 2.73. The topological polar surface area (TPSA) is 130 Å². The SMILES string of the molecule is C=CC(=O)NC(=O)C=C.C=CC(=O)NCS(=O)(=O)O. The van der Waals surface area contributed by atoms with Crippen molar-refractivity contribution in [2.24, 2.45) is 0 Å². The molecule has 0 heterocycles. The Morgan fingerprint density at radius 3 is 1.58 bits per heavy atom. The van der Waals surface area contributed by atoms with E-state index >= 15 is 0 Å². The van der Waals surface area contributed by atoms with Crippen molar-refractivity contribution < 1.29 is 27.4 Å². The number of amides is 3. The lowest BCUT2D eigenvalue weighted by atomic mass is 10.5. The van der Waals surface area contributed by atoms with Crippen molar-refractivity contribution in [1.82, 2.24) is 10.6 Å². The summed E-state index contributed by atoms with van der Waals surface area (Å²) in [5.74, 6) is -2.45. The molecule has 0 aromatic carbocycles. The van der Waals surface area contributed by atoms with E-state index < -0.39 is 33.7 Å². The fourth-order valence-corrected chi connectivity index (χ4v) is 0.783. The number of nitrogens with one attached hydrogen (secondary N) is 2. The predicted octanol–water partition coefficient (Wildman–Crippen LogP) is -0.865. The Balaban J connectivity index is 0. The Morgan fingerprint density at radius 2 is 1.32 bits per heavy atom. The molecular weight excluding hydrogens is 276 g/mol. The molecule has 0 radical (unpaired) electrons. The highest BCUT2D eigenvalue weighted by molar-refractivity contribution is 7.85. The zero-order chi connectivity index (χ0) is 15.5. The van der Waals surface area contributed by atoms with Gasteiger partial charge in [0.1, 0.15) is 5.88 Å². The third kappa shape index (κ3) is 15.7. The van der Waals surface area contributed by atoms with Gasteiger partial charge in [0.05, 0.1) is 0 Å². The highest BCUT2D eigenvalue weighted by Gasteiger charge is 2.03. The lowest BCUT2D eigenvalue weighted by molar-refractivity contribution is -0.125. The van der Waals surface area contributed by atoms with E-state index in [0.29, 0.717) is 0 Å². The minimum absolute atomic E-state index is 0.514. The van der Waals surface area contributed by atoms with Crippen LogP contribution < -0.4 is 10.6 Å². The van der Waals surface area contributed by atoms with Crippen LogP contribution in [0.25, 0.3) is 0 Å². The van der Waals surface area contributed by atoms with Gasteiger partial charge in [0.15, 0.2) is 0 Å². The Bertz CT molecular complexity index is 462. The molecule has 0 unspecified atom stereocenters. The summed E-state index contributed by atoms with van der Waals surface area (Å²) in [5, 5.41) is 3.84. The Morgan fingerprint density at radius 1 is 0.947 bits per heavy atom. The second kappa shape index (κ2) is 9.74. The molecule has 0 aromatic rings. The van der Waals surface area contributed by atoms with Gasteiger partial charge in [-0.2, -0.15) is 8.42 Å². The fraction of sp³-hybridized carbons (Fsp3) is 0.100. The van der Waals surface area contributed by atoms with E-state index in [4.69, 9.17) is 4.55 Å². The molecule has 0 bridgehead atoms. The summed E-state index contributed by atoms with van der Waals surface area (Å²) in [4.78, 5) is 30.8. The maximum absolute atomic E-state index is 10.3. The molecule has 3 N–H and O–H groups in total. The monoisotopic (exact) mass is 290 g/mol. The minimum atomic E-state index is -4.11. The predicted molar refractivity (Wildman–Crippen MR) is 68.3 cm³/mol. The van der Waals surface area contributed by atoms with E-state index in [1.54, 1.807) is 0 Å². The van der Waals surface area contributed by atoms with Crippen molar-refractivity contribution in [1.29, 1.82) is 0 Å². The summed E-state index contributed by atoms with van der Waals surface area (Å²) in [7, 11) is -4.11. The molecule has 0 saturated heterocycles. The van der Waals surface area contributed by atoms with E-state index in [2.05, 4.69) is 19.7 Å². The van der Waals surface area contributed by atoms with Crippen molar-refractivity contribution in [2.75, 3.05) is 5.88 Å². The van der Waals surface area contributed by atoms with Crippen LogP contribution in [-0.2, 0) is 24.5 Å². The third-order valence-corrected chi connectivity index (χ3v) is 1.74. The molecule has 0 saturated carbocycles. The highest BCUT2D eigenvalue weighted by atomic mass is 32.2. The van der Waals surface area contributed by atoms with Crippen molar-refractivity contribution in [3.05, 3.63) is 38.0 Å². The molecule has 19 heavy (non-hydrogen) atoms. The number of rotatable bonds is 5. The fourth-order valence-electron chi connectivity index (χ4n) is 0.458. The summed E-state index contributed by atoms with van der Waals surface area (Å²) in [6, 6.07) is 0. The van der Waals surface area contributed by atoms with Crippen molar-refractivity contribution >= 4 is 27.8 Å². The summed E-state index contributed by atoms with van der Waals surface area (Å²) in [5.41, 5.74) is 0. The number of carbonyl (C=O) groups excluding carboxylic acids is 3. The zero-order valence-corrected chi connectivity index (χ0v) is 10.8. The Labute approximate surface area is 110 Å². The first-order valence-electron chi connectivity index (χ1n) is 4.61. The van der Waals surface area contributed by atoms with Gasteiger partial charge >= 0.3 is 0 Å².